The van der Waals surface area contributed by atoms with E-state index in [1.54, 1.807) is 16.8 Å². The van der Waals surface area contributed by atoms with Gasteiger partial charge in [-0.3, -0.25) is 0 Å². The summed E-state index contributed by atoms with van der Waals surface area (Å²) in [5.74, 6) is 6.02. The standard InChI is InChI=1S/C14H11N3O2/c18-13(14-8-4-10-19-14)7-3-9-17-12-6-2-1-5-11(12)15-16-17/h1-2,4-6,8,10,13,18H,9H2. The summed E-state index contributed by atoms with van der Waals surface area (Å²) in [4.78, 5) is 0. The largest absolute Gasteiger partial charge is 0.466 e. The molecule has 1 N–H and O–H groups in total. The number of hydrogen-bond acceptors (Lipinski definition) is 4. The number of para-hydroxylation sites is 1. The van der Waals surface area contributed by atoms with Crippen molar-refractivity contribution in [3.63, 3.8) is 0 Å². The highest BCUT2D eigenvalue weighted by molar-refractivity contribution is 5.73. The van der Waals surface area contributed by atoms with Gasteiger partial charge < -0.3 is 9.52 Å². The monoisotopic (exact) mass is 253 g/mol. The Hall–Kier alpha value is -2.58. The molecule has 5 heteroatoms. The second kappa shape index (κ2) is 4.96. The highest BCUT2D eigenvalue weighted by atomic mass is 16.4. The van der Waals surface area contributed by atoms with Gasteiger partial charge in [0.05, 0.1) is 11.8 Å². The van der Waals surface area contributed by atoms with Crippen LogP contribution in [0.4, 0.5) is 0 Å². The zero-order chi connectivity index (χ0) is 13.1. The van der Waals surface area contributed by atoms with Crippen LogP contribution in [0, 0.1) is 11.8 Å². The normalized spacial score (nSPS) is 12.1. The molecule has 19 heavy (non-hydrogen) atoms. The van der Waals surface area contributed by atoms with E-state index in [-0.39, 0.29) is 0 Å². The molecule has 1 unspecified atom stereocenters. The molecule has 0 saturated carbocycles. The summed E-state index contributed by atoms with van der Waals surface area (Å²) >= 11 is 0. The second-order valence-electron chi connectivity index (χ2n) is 3.97. The van der Waals surface area contributed by atoms with Gasteiger partial charge in [-0.25, -0.2) is 4.68 Å². The lowest BCUT2D eigenvalue weighted by Gasteiger charge is -1.97. The van der Waals surface area contributed by atoms with Crippen molar-refractivity contribution in [2.75, 3.05) is 0 Å². The van der Waals surface area contributed by atoms with E-state index in [9.17, 15) is 5.11 Å². The van der Waals surface area contributed by atoms with Crippen LogP contribution in [0.15, 0.2) is 47.1 Å². The smallest absolute Gasteiger partial charge is 0.172 e. The first-order valence-corrected chi connectivity index (χ1v) is 5.83. The molecule has 94 valence electrons. The van der Waals surface area contributed by atoms with Gasteiger partial charge >= 0.3 is 0 Å². The van der Waals surface area contributed by atoms with E-state index in [0.717, 1.165) is 11.0 Å². The predicted molar refractivity (Wildman–Crippen MR) is 69.0 cm³/mol. The van der Waals surface area contributed by atoms with Gasteiger partial charge in [-0.15, -0.1) is 5.10 Å². The van der Waals surface area contributed by atoms with Crippen molar-refractivity contribution in [2.45, 2.75) is 12.6 Å². The van der Waals surface area contributed by atoms with Crippen LogP contribution >= 0.6 is 0 Å². The molecule has 0 spiro atoms. The number of nitrogens with zero attached hydrogens (tertiary/aromatic N) is 3. The molecule has 0 aliphatic rings. The summed E-state index contributed by atoms with van der Waals surface area (Å²) in [5.41, 5.74) is 1.75. The molecule has 0 aliphatic carbocycles. The van der Waals surface area contributed by atoms with Crippen LogP contribution in [0.1, 0.15) is 11.9 Å². The Balaban J connectivity index is 1.76. The molecule has 0 fully saturated rings. The summed E-state index contributed by atoms with van der Waals surface area (Å²) < 4.78 is 6.76. The summed E-state index contributed by atoms with van der Waals surface area (Å²) in [7, 11) is 0. The molecule has 0 saturated heterocycles. The molecule has 0 amide bonds. The Morgan fingerprint density at radius 1 is 1.26 bits per heavy atom. The second-order valence-corrected chi connectivity index (χ2v) is 3.97. The summed E-state index contributed by atoms with van der Waals surface area (Å²) in [5, 5.41) is 17.8. The van der Waals surface area contributed by atoms with Crippen LogP contribution in [0.25, 0.3) is 11.0 Å². The molecule has 0 radical (unpaired) electrons. The average Bonchev–Trinajstić information content (AvgIpc) is 3.08. The van der Waals surface area contributed by atoms with Gasteiger partial charge in [0.1, 0.15) is 17.8 Å². The van der Waals surface area contributed by atoms with Gasteiger partial charge in [0.2, 0.25) is 0 Å². The van der Waals surface area contributed by atoms with Crippen LogP contribution in [0.2, 0.25) is 0 Å². The lowest BCUT2D eigenvalue weighted by atomic mass is 10.3. The number of rotatable bonds is 2. The lowest BCUT2D eigenvalue weighted by molar-refractivity contribution is 0.206. The molecule has 2 aromatic heterocycles. The Kier molecular flexibility index (Phi) is 3.01. The third kappa shape index (κ3) is 2.34. The van der Waals surface area contributed by atoms with Crippen LogP contribution in [0.5, 0.6) is 0 Å². The van der Waals surface area contributed by atoms with Crippen LogP contribution in [0.3, 0.4) is 0 Å². The maximum Gasteiger partial charge on any atom is 0.172 e. The SMILES string of the molecule is OC(C#CCn1nnc2ccccc21)c1ccco1. The first kappa shape index (κ1) is 11.5. The van der Waals surface area contributed by atoms with E-state index in [1.165, 1.54) is 6.26 Å². The van der Waals surface area contributed by atoms with Crippen molar-refractivity contribution in [1.82, 2.24) is 15.0 Å². The average molecular weight is 253 g/mol. The van der Waals surface area contributed by atoms with Crippen LogP contribution < -0.4 is 0 Å². The Morgan fingerprint density at radius 3 is 3.00 bits per heavy atom. The minimum atomic E-state index is -0.912. The number of hydrogen-bond donors (Lipinski definition) is 1. The van der Waals surface area contributed by atoms with Crippen LogP contribution in [-0.2, 0) is 6.54 Å². The number of aromatic nitrogens is 3. The molecule has 1 atom stereocenters. The van der Waals surface area contributed by atoms with Crippen molar-refractivity contribution < 1.29 is 9.52 Å². The third-order valence-corrected chi connectivity index (χ3v) is 2.70. The van der Waals surface area contributed by atoms with Crippen molar-refractivity contribution in [3.8, 4) is 11.8 Å². The Labute approximate surface area is 109 Å². The van der Waals surface area contributed by atoms with Gasteiger partial charge in [-0.2, -0.15) is 0 Å². The van der Waals surface area contributed by atoms with E-state index in [0.29, 0.717) is 12.3 Å². The van der Waals surface area contributed by atoms with Gasteiger partial charge in [0.15, 0.2) is 6.10 Å². The number of aliphatic hydroxyl groups is 1. The number of furan rings is 1. The van der Waals surface area contributed by atoms with Crippen molar-refractivity contribution in [3.05, 3.63) is 48.4 Å². The zero-order valence-corrected chi connectivity index (χ0v) is 10.0. The van der Waals surface area contributed by atoms with Crippen molar-refractivity contribution in [2.24, 2.45) is 0 Å². The Morgan fingerprint density at radius 2 is 2.16 bits per heavy atom. The fourth-order valence-electron chi connectivity index (χ4n) is 1.77. The molecule has 3 aromatic rings. The quantitative estimate of drug-likeness (QED) is 0.707. The molecule has 0 bridgehead atoms. The van der Waals surface area contributed by atoms with E-state index < -0.39 is 6.10 Å². The molecular weight excluding hydrogens is 242 g/mol. The van der Waals surface area contributed by atoms with Crippen molar-refractivity contribution >= 4 is 11.0 Å². The highest BCUT2D eigenvalue weighted by Gasteiger charge is 2.05. The molecule has 0 aliphatic heterocycles. The van der Waals surface area contributed by atoms with Gasteiger partial charge in [-0.05, 0) is 24.3 Å². The van der Waals surface area contributed by atoms with Crippen molar-refractivity contribution in [1.29, 1.82) is 0 Å². The minimum Gasteiger partial charge on any atom is -0.466 e. The number of fused-ring (bicyclic) bond motifs is 1. The predicted octanol–water partition coefficient (Wildman–Crippen LogP) is 1.76. The lowest BCUT2D eigenvalue weighted by Crippen LogP contribution is -1.99. The summed E-state index contributed by atoms with van der Waals surface area (Å²) in [6.07, 6.45) is 0.593. The minimum absolute atomic E-state index is 0.373. The maximum atomic E-state index is 9.74. The molecule has 5 nitrogen and oxygen atoms in total. The van der Waals surface area contributed by atoms with E-state index in [4.69, 9.17) is 4.42 Å². The molecule has 2 heterocycles. The third-order valence-electron chi connectivity index (χ3n) is 2.70. The van der Waals surface area contributed by atoms with Crippen LogP contribution in [-0.4, -0.2) is 20.1 Å². The fourth-order valence-corrected chi connectivity index (χ4v) is 1.77. The van der Waals surface area contributed by atoms with E-state index in [2.05, 4.69) is 22.2 Å². The van der Waals surface area contributed by atoms with Gasteiger partial charge in [0.25, 0.3) is 0 Å². The number of aliphatic hydroxyl groups excluding tert-OH is 1. The fraction of sp³-hybridized carbons (Fsp3) is 0.143. The summed E-state index contributed by atoms with van der Waals surface area (Å²) in [6.45, 7) is 0.373. The van der Waals surface area contributed by atoms with E-state index in [1.807, 2.05) is 24.3 Å². The highest BCUT2D eigenvalue weighted by Crippen LogP contribution is 2.12. The van der Waals surface area contributed by atoms with Gasteiger partial charge in [-0.1, -0.05) is 29.2 Å². The number of benzene rings is 1. The molecular formula is C14H11N3O2. The molecule has 3 rings (SSSR count). The first-order valence-electron chi connectivity index (χ1n) is 5.83. The van der Waals surface area contributed by atoms with E-state index >= 15 is 0 Å². The zero-order valence-electron chi connectivity index (χ0n) is 10.0. The first-order chi connectivity index (χ1) is 9.34. The summed E-state index contributed by atoms with van der Waals surface area (Å²) in [6, 6.07) is 11.1. The topological polar surface area (TPSA) is 64.1 Å². The Bertz CT molecular complexity index is 735. The molecule has 1 aromatic carbocycles. The van der Waals surface area contributed by atoms with Gasteiger partial charge in [0, 0.05) is 0 Å². The maximum absolute atomic E-state index is 9.74.